The Kier molecular flexibility index (Phi) is 5.02. The Labute approximate surface area is 110 Å². The molecule has 1 aromatic rings. The Hall–Kier alpha value is -1.06. The van der Waals surface area contributed by atoms with Crippen molar-refractivity contribution in [3.05, 3.63) is 29.8 Å². The van der Waals surface area contributed by atoms with Crippen LogP contribution in [0.1, 0.15) is 25.3 Å². The van der Waals surface area contributed by atoms with Crippen LogP contribution in [-0.4, -0.2) is 31.1 Å². The molecule has 0 spiro atoms. The highest BCUT2D eigenvalue weighted by atomic mass is 16.5. The highest BCUT2D eigenvalue weighted by Crippen LogP contribution is 2.15. The molecule has 2 rings (SSSR count). The van der Waals surface area contributed by atoms with Gasteiger partial charge in [0, 0.05) is 19.6 Å². The molecule has 1 unspecified atom stereocenters. The van der Waals surface area contributed by atoms with E-state index in [9.17, 15) is 0 Å². The lowest BCUT2D eigenvalue weighted by Crippen LogP contribution is -2.37. The average Bonchev–Trinajstić information content (AvgIpc) is 2.40. The molecule has 1 aliphatic heterocycles. The van der Waals surface area contributed by atoms with Crippen molar-refractivity contribution in [2.75, 3.05) is 26.2 Å². The molecule has 3 nitrogen and oxygen atoms in total. The minimum absolute atomic E-state index is 0.589. The largest absolute Gasteiger partial charge is 0.492 e. The number of likely N-dealkylation sites (tertiary alicyclic amines) is 1. The normalized spacial score (nSPS) is 20.9. The Morgan fingerprint density at radius 3 is 2.78 bits per heavy atom. The minimum Gasteiger partial charge on any atom is -0.492 e. The van der Waals surface area contributed by atoms with Crippen LogP contribution >= 0.6 is 0 Å². The molecule has 0 radical (unpaired) electrons. The maximum Gasteiger partial charge on any atom is 0.119 e. The number of hydrogen-bond acceptors (Lipinski definition) is 3. The first-order valence-electron chi connectivity index (χ1n) is 6.92. The van der Waals surface area contributed by atoms with Gasteiger partial charge in [0.15, 0.2) is 0 Å². The summed E-state index contributed by atoms with van der Waals surface area (Å²) < 4.78 is 5.76. The lowest BCUT2D eigenvalue weighted by Gasteiger charge is -2.30. The Morgan fingerprint density at radius 2 is 2.11 bits per heavy atom. The Morgan fingerprint density at radius 1 is 1.33 bits per heavy atom. The highest BCUT2D eigenvalue weighted by molar-refractivity contribution is 5.27. The lowest BCUT2D eigenvalue weighted by molar-refractivity contribution is 0.153. The van der Waals surface area contributed by atoms with Crippen LogP contribution in [0.2, 0.25) is 0 Å². The zero-order valence-electron chi connectivity index (χ0n) is 11.3. The first kappa shape index (κ1) is 13.4. The van der Waals surface area contributed by atoms with Crippen molar-refractivity contribution in [2.45, 2.75) is 26.3 Å². The molecule has 0 aromatic heterocycles. The molecule has 1 atom stereocenters. The Balaban J connectivity index is 1.70. The smallest absolute Gasteiger partial charge is 0.119 e. The zero-order chi connectivity index (χ0) is 12.8. The van der Waals surface area contributed by atoms with Gasteiger partial charge < -0.3 is 10.5 Å². The molecule has 1 heterocycles. The van der Waals surface area contributed by atoms with Crippen molar-refractivity contribution in [3.8, 4) is 5.75 Å². The average molecular weight is 248 g/mol. The van der Waals surface area contributed by atoms with E-state index in [-0.39, 0.29) is 0 Å². The molecular formula is C15H24N2O. The number of rotatable bonds is 5. The molecule has 0 amide bonds. The van der Waals surface area contributed by atoms with Gasteiger partial charge in [-0.2, -0.15) is 0 Å². The fraction of sp³-hybridized carbons (Fsp3) is 0.600. The van der Waals surface area contributed by atoms with Crippen molar-refractivity contribution in [3.63, 3.8) is 0 Å². The standard InChI is InChI=1S/C15H24N2O/c1-13-3-2-8-17(12-13)9-10-18-15-6-4-14(11-16)5-7-15/h4-7,13H,2-3,8-12,16H2,1H3. The van der Waals surface area contributed by atoms with Crippen LogP contribution in [0.15, 0.2) is 24.3 Å². The van der Waals surface area contributed by atoms with Crippen molar-refractivity contribution in [1.82, 2.24) is 4.90 Å². The summed E-state index contributed by atoms with van der Waals surface area (Å²) in [6.07, 6.45) is 2.70. The summed E-state index contributed by atoms with van der Waals surface area (Å²) in [6.45, 7) is 7.16. The second-order valence-corrected chi connectivity index (χ2v) is 5.24. The lowest BCUT2D eigenvalue weighted by atomic mass is 10.0. The predicted octanol–water partition coefficient (Wildman–Crippen LogP) is 2.26. The summed E-state index contributed by atoms with van der Waals surface area (Å²) in [5.74, 6) is 1.78. The van der Waals surface area contributed by atoms with Crippen molar-refractivity contribution in [1.29, 1.82) is 0 Å². The van der Waals surface area contributed by atoms with Gasteiger partial charge in [-0.1, -0.05) is 19.1 Å². The maximum absolute atomic E-state index is 5.76. The summed E-state index contributed by atoms with van der Waals surface area (Å²) in [5, 5.41) is 0. The fourth-order valence-electron chi connectivity index (χ4n) is 2.50. The van der Waals surface area contributed by atoms with Crippen LogP contribution in [0.4, 0.5) is 0 Å². The second kappa shape index (κ2) is 6.76. The molecule has 1 fully saturated rings. The molecule has 1 aliphatic rings. The van der Waals surface area contributed by atoms with Gasteiger partial charge in [0.1, 0.15) is 12.4 Å². The monoisotopic (exact) mass is 248 g/mol. The molecular weight excluding hydrogens is 224 g/mol. The van der Waals surface area contributed by atoms with Crippen molar-refractivity contribution in [2.24, 2.45) is 11.7 Å². The van der Waals surface area contributed by atoms with Crippen molar-refractivity contribution >= 4 is 0 Å². The summed E-state index contributed by atoms with van der Waals surface area (Å²) in [4.78, 5) is 2.50. The van der Waals surface area contributed by atoms with Gasteiger partial charge in [-0.15, -0.1) is 0 Å². The van der Waals surface area contributed by atoms with Crippen LogP contribution in [0.25, 0.3) is 0 Å². The summed E-state index contributed by atoms with van der Waals surface area (Å²) in [6, 6.07) is 8.05. The summed E-state index contributed by atoms with van der Waals surface area (Å²) in [5.41, 5.74) is 6.71. The summed E-state index contributed by atoms with van der Waals surface area (Å²) >= 11 is 0. The molecule has 3 heteroatoms. The van der Waals surface area contributed by atoms with Gasteiger partial charge >= 0.3 is 0 Å². The number of nitrogens with two attached hydrogens (primary N) is 1. The van der Waals surface area contributed by atoms with E-state index in [0.717, 1.165) is 30.4 Å². The third-order valence-corrected chi connectivity index (χ3v) is 3.58. The van der Waals surface area contributed by atoms with Crippen LogP contribution in [0.5, 0.6) is 5.75 Å². The molecule has 100 valence electrons. The summed E-state index contributed by atoms with van der Waals surface area (Å²) in [7, 11) is 0. The van der Waals surface area contributed by atoms with E-state index in [4.69, 9.17) is 10.5 Å². The van der Waals surface area contributed by atoms with Gasteiger partial charge in [0.2, 0.25) is 0 Å². The Bertz CT molecular complexity index is 350. The number of piperidine rings is 1. The fourth-order valence-corrected chi connectivity index (χ4v) is 2.50. The third-order valence-electron chi connectivity index (χ3n) is 3.58. The predicted molar refractivity (Wildman–Crippen MR) is 74.7 cm³/mol. The van der Waals surface area contributed by atoms with E-state index >= 15 is 0 Å². The highest BCUT2D eigenvalue weighted by Gasteiger charge is 2.15. The van der Waals surface area contributed by atoms with Crippen molar-refractivity contribution < 1.29 is 4.74 Å². The molecule has 1 saturated heterocycles. The molecule has 0 bridgehead atoms. The number of hydrogen-bond donors (Lipinski definition) is 1. The van der Waals surface area contributed by atoms with E-state index in [1.807, 2.05) is 24.3 Å². The van der Waals surface area contributed by atoms with Gasteiger partial charge in [-0.3, -0.25) is 4.90 Å². The van der Waals surface area contributed by atoms with E-state index < -0.39 is 0 Å². The number of nitrogens with zero attached hydrogens (tertiary/aromatic N) is 1. The van der Waals surface area contributed by atoms with Crippen LogP contribution in [0.3, 0.4) is 0 Å². The maximum atomic E-state index is 5.76. The van der Waals surface area contributed by atoms with E-state index in [0.29, 0.717) is 6.54 Å². The van der Waals surface area contributed by atoms with Gasteiger partial charge in [0.05, 0.1) is 0 Å². The topological polar surface area (TPSA) is 38.5 Å². The van der Waals surface area contributed by atoms with E-state index in [1.165, 1.54) is 25.9 Å². The zero-order valence-corrected chi connectivity index (χ0v) is 11.3. The first-order valence-corrected chi connectivity index (χ1v) is 6.92. The molecule has 1 aromatic carbocycles. The van der Waals surface area contributed by atoms with Crippen LogP contribution in [-0.2, 0) is 6.54 Å². The van der Waals surface area contributed by atoms with Gasteiger partial charge in [0.25, 0.3) is 0 Å². The van der Waals surface area contributed by atoms with Gasteiger partial charge in [-0.25, -0.2) is 0 Å². The first-order chi connectivity index (χ1) is 8.78. The molecule has 18 heavy (non-hydrogen) atoms. The van der Waals surface area contributed by atoms with Crippen LogP contribution < -0.4 is 10.5 Å². The van der Waals surface area contributed by atoms with E-state index in [1.54, 1.807) is 0 Å². The molecule has 0 aliphatic carbocycles. The molecule has 2 N–H and O–H groups in total. The van der Waals surface area contributed by atoms with Crippen LogP contribution in [0, 0.1) is 5.92 Å². The number of benzene rings is 1. The van der Waals surface area contributed by atoms with E-state index in [2.05, 4.69) is 11.8 Å². The number of ether oxygens (including phenoxy) is 1. The second-order valence-electron chi connectivity index (χ2n) is 5.24. The quantitative estimate of drug-likeness (QED) is 0.868. The molecule has 0 saturated carbocycles. The SMILES string of the molecule is CC1CCCN(CCOc2ccc(CN)cc2)C1. The van der Waals surface area contributed by atoms with Gasteiger partial charge in [-0.05, 0) is 43.0 Å². The minimum atomic E-state index is 0.589. The third kappa shape index (κ3) is 4.00.